The molecule has 0 aliphatic carbocycles. The smallest absolute Gasteiger partial charge is 0.220 e. The lowest BCUT2D eigenvalue weighted by molar-refractivity contribution is -0.359. The minimum absolute atomic E-state index is 0.199. The van der Waals surface area contributed by atoms with Gasteiger partial charge < -0.3 is 65.1 Å². The van der Waals surface area contributed by atoms with Crippen LogP contribution in [0.5, 0.6) is 0 Å². The number of hydrogen-bond donors (Lipinski definition) is 9. The van der Waals surface area contributed by atoms with Gasteiger partial charge in [0.05, 0.1) is 32.0 Å². The number of unbranched alkanes of at least 4 members (excludes halogenated alkanes) is 52. The number of carbonyl (C=O) groups excluding carboxylic acids is 1. The summed E-state index contributed by atoms with van der Waals surface area (Å²) in [7, 11) is 0. The van der Waals surface area contributed by atoms with E-state index in [2.05, 4.69) is 92.1 Å². The third-order valence-corrected chi connectivity index (χ3v) is 21.9. The lowest BCUT2D eigenvalue weighted by atomic mass is 9.97. The van der Waals surface area contributed by atoms with Gasteiger partial charge in [0.1, 0.15) is 48.8 Å². The van der Waals surface area contributed by atoms with Crippen LogP contribution in [-0.4, -0.2) is 140 Å². The summed E-state index contributed by atoms with van der Waals surface area (Å²) < 4.78 is 23.0. The van der Waals surface area contributed by atoms with Crippen molar-refractivity contribution in [3.8, 4) is 0 Å². The van der Waals surface area contributed by atoms with Gasteiger partial charge in [0.15, 0.2) is 12.6 Å². The van der Waals surface area contributed by atoms with Crippen LogP contribution in [0.3, 0.4) is 0 Å². The Kier molecular flexibility index (Phi) is 70.5. The molecule has 2 saturated heterocycles. The summed E-state index contributed by atoms with van der Waals surface area (Å²) in [6, 6.07) is -0.832. The second-order valence-electron chi connectivity index (χ2n) is 31.7. The number of aliphatic hydroxyl groups is 8. The Balaban J connectivity index is 1.55. The SMILES string of the molecule is CC/C=C\C/C=C\C/C=C\C/C=C\C/C=C\C/C=C\CCCCCCCCCCCCCCCCCCCCCCC(=O)NC(COC1OC(CO)C(OC2OC(CO)C(O)C(O)C2O)C(O)C1O)C(O)CCCCCCCCCCCCCCCCCCCCCCCCCCCCCCCCCCC. The summed E-state index contributed by atoms with van der Waals surface area (Å²) in [6.07, 6.45) is 88.3. The van der Waals surface area contributed by atoms with Gasteiger partial charge in [-0.25, -0.2) is 0 Å². The number of amides is 1. The summed E-state index contributed by atoms with van der Waals surface area (Å²) in [5.41, 5.74) is 0. The first kappa shape index (κ1) is 99.5. The molecule has 106 heavy (non-hydrogen) atoms. The molecule has 0 radical (unpaired) electrons. The zero-order chi connectivity index (χ0) is 76.5. The van der Waals surface area contributed by atoms with Crippen LogP contribution in [0.2, 0.25) is 0 Å². The minimum atomic E-state index is -1.78. The number of hydrogen-bond acceptors (Lipinski definition) is 13. The molecule has 0 aromatic heterocycles. The highest BCUT2D eigenvalue weighted by Crippen LogP contribution is 2.31. The van der Waals surface area contributed by atoms with Gasteiger partial charge in [-0.15, -0.1) is 0 Å². The van der Waals surface area contributed by atoms with E-state index in [4.69, 9.17) is 18.9 Å². The molecule has 12 atom stereocenters. The highest BCUT2D eigenvalue weighted by molar-refractivity contribution is 5.76. The molecular formula is C92H169NO13. The standard InChI is InChI=1S/C92H169NO13/c1-3-5-7-9-11-13-15-17-19-21-23-25-27-29-31-33-35-37-38-39-40-41-42-44-46-48-50-52-54-56-58-60-62-64-66-68-70-72-74-76-84(97)93-80(79-103-91-89(102)87(100)90(83(78-95)105-91)106-92-88(101)86(99)85(98)82(77-94)104-92)81(96)75-73-71-69-67-65-63-61-59-57-55-53-51-49-47-45-43-36-34-32-30-28-26-24-22-20-18-16-14-12-10-8-6-4-2/h5,7,11,13,17,19,23,25,29,31,35,37,80-83,85-92,94-96,98-102H,3-4,6,8-10,12,14-16,18,20-22,24,26-28,30,32-34,36,38-79H2,1-2H3,(H,93,97)/b7-5-,13-11-,19-17-,25-23-,31-29-,37-35-. The zero-order valence-corrected chi connectivity index (χ0v) is 68.4. The van der Waals surface area contributed by atoms with E-state index in [0.717, 1.165) is 89.9 Å². The Morgan fingerprint density at radius 3 is 1.00 bits per heavy atom. The summed E-state index contributed by atoms with van der Waals surface area (Å²) in [6.45, 7) is 2.82. The summed E-state index contributed by atoms with van der Waals surface area (Å²) in [5.74, 6) is -0.199. The number of nitrogens with one attached hydrogen (secondary N) is 1. The van der Waals surface area contributed by atoms with Crippen molar-refractivity contribution in [3.05, 3.63) is 72.9 Å². The zero-order valence-electron chi connectivity index (χ0n) is 68.4. The van der Waals surface area contributed by atoms with Crippen LogP contribution < -0.4 is 5.32 Å². The predicted molar refractivity (Wildman–Crippen MR) is 443 cm³/mol. The third kappa shape index (κ3) is 56.6. The van der Waals surface area contributed by atoms with Crippen molar-refractivity contribution in [2.45, 2.75) is 485 Å². The second kappa shape index (κ2) is 75.1. The van der Waals surface area contributed by atoms with Crippen molar-refractivity contribution < 1.29 is 64.6 Å². The van der Waals surface area contributed by atoms with Crippen molar-refractivity contribution in [2.75, 3.05) is 19.8 Å². The normalized spacial score (nSPS) is 21.6. The molecule has 0 aromatic rings. The summed E-state index contributed by atoms with van der Waals surface area (Å²) in [5, 5.41) is 88.1. The van der Waals surface area contributed by atoms with E-state index in [9.17, 15) is 45.6 Å². The van der Waals surface area contributed by atoms with Gasteiger partial charge >= 0.3 is 0 Å². The quantitative estimate of drug-likeness (QED) is 0.0204. The molecule has 2 rings (SSSR count). The Morgan fingerprint density at radius 2 is 0.651 bits per heavy atom. The molecule has 0 bridgehead atoms. The third-order valence-electron chi connectivity index (χ3n) is 21.9. The number of ether oxygens (including phenoxy) is 4. The van der Waals surface area contributed by atoms with E-state index in [0.29, 0.717) is 12.8 Å². The highest BCUT2D eigenvalue weighted by atomic mass is 16.7. The van der Waals surface area contributed by atoms with Crippen molar-refractivity contribution in [1.29, 1.82) is 0 Å². The molecule has 620 valence electrons. The predicted octanol–water partition coefficient (Wildman–Crippen LogP) is 22.0. The fourth-order valence-corrected chi connectivity index (χ4v) is 14.9. The number of rotatable bonds is 77. The molecule has 2 aliphatic heterocycles. The van der Waals surface area contributed by atoms with Crippen molar-refractivity contribution in [3.63, 3.8) is 0 Å². The maximum absolute atomic E-state index is 13.4. The first-order valence-corrected chi connectivity index (χ1v) is 45.2. The average Bonchev–Trinajstić information content (AvgIpc) is 0.789. The summed E-state index contributed by atoms with van der Waals surface area (Å²) >= 11 is 0. The van der Waals surface area contributed by atoms with Crippen LogP contribution in [0, 0.1) is 0 Å². The lowest BCUT2D eigenvalue weighted by Gasteiger charge is -2.46. The second-order valence-corrected chi connectivity index (χ2v) is 31.7. The van der Waals surface area contributed by atoms with Crippen LogP contribution in [0.25, 0.3) is 0 Å². The van der Waals surface area contributed by atoms with E-state index in [-0.39, 0.29) is 12.5 Å². The van der Waals surface area contributed by atoms with Gasteiger partial charge in [0, 0.05) is 6.42 Å². The van der Waals surface area contributed by atoms with E-state index in [1.54, 1.807) is 0 Å². The molecule has 9 N–H and O–H groups in total. The van der Waals surface area contributed by atoms with Crippen LogP contribution in [0.4, 0.5) is 0 Å². The largest absolute Gasteiger partial charge is 0.394 e. The lowest BCUT2D eigenvalue weighted by Crippen LogP contribution is -2.65. The molecule has 2 aliphatic rings. The number of allylic oxidation sites excluding steroid dienone is 12. The molecule has 0 spiro atoms. The molecule has 1 amide bonds. The Labute approximate surface area is 650 Å². The molecule has 12 unspecified atom stereocenters. The van der Waals surface area contributed by atoms with E-state index < -0.39 is 86.8 Å². The van der Waals surface area contributed by atoms with Crippen LogP contribution >= 0.6 is 0 Å². The first-order chi connectivity index (χ1) is 52.1. The van der Waals surface area contributed by atoms with Gasteiger partial charge in [0.2, 0.25) is 5.91 Å². The topological polar surface area (TPSA) is 228 Å². The van der Waals surface area contributed by atoms with Gasteiger partial charge in [-0.1, -0.05) is 414 Å². The first-order valence-electron chi connectivity index (χ1n) is 45.2. The minimum Gasteiger partial charge on any atom is -0.394 e. The van der Waals surface area contributed by atoms with Crippen molar-refractivity contribution in [1.82, 2.24) is 5.32 Å². The molecule has 0 aromatic carbocycles. The van der Waals surface area contributed by atoms with Gasteiger partial charge in [0.25, 0.3) is 0 Å². The summed E-state index contributed by atoms with van der Waals surface area (Å²) in [4.78, 5) is 13.4. The number of aliphatic hydroxyl groups excluding tert-OH is 8. The molecule has 2 heterocycles. The van der Waals surface area contributed by atoms with Crippen molar-refractivity contribution in [2.24, 2.45) is 0 Å². The Hall–Kier alpha value is -2.57. The van der Waals surface area contributed by atoms with Crippen LogP contribution in [0.1, 0.15) is 412 Å². The van der Waals surface area contributed by atoms with Crippen molar-refractivity contribution >= 4 is 5.91 Å². The fraction of sp³-hybridized carbons (Fsp3) is 0.859. The van der Waals surface area contributed by atoms with Crippen LogP contribution in [0.15, 0.2) is 72.9 Å². The molecule has 14 nitrogen and oxygen atoms in total. The van der Waals surface area contributed by atoms with Crippen LogP contribution in [-0.2, 0) is 23.7 Å². The van der Waals surface area contributed by atoms with Gasteiger partial charge in [-0.2, -0.15) is 0 Å². The Bertz CT molecular complexity index is 2060. The average molecular weight is 1500 g/mol. The van der Waals surface area contributed by atoms with E-state index >= 15 is 0 Å². The fourth-order valence-electron chi connectivity index (χ4n) is 14.9. The van der Waals surface area contributed by atoms with E-state index in [1.807, 2.05) is 0 Å². The molecule has 14 heteroatoms. The highest BCUT2D eigenvalue weighted by Gasteiger charge is 2.51. The van der Waals surface area contributed by atoms with Gasteiger partial charge in [-0.05, 0) is 64.2 Å². The monoisotopic (exact) mass is 1500 g/mol. The number of carbonyl (C=O) groups is 1. The maximum Gasteiger partial charge on any atom is 0.220 e. The van der Waals surface area contributed by atoms with E-state index in [1.165, 1.54) is 295 Å². The van der Waals surface area contributed by atoms with Gasteiger partial charge in [-0.3, -0.25) is 4.79 Å². The Morgan fingerprint density at radius 1 is 0.349 bits per heavy atom. The molecular weight excluding hydrogens is 1330 g/mol. The molecule has 0 saturated carbocycles. The molecule has 2 fully saturated rings. The maximum atomic E-state index is 13.4.